The molecule has 126 valence electrons. The van der Waals surface area contributed by atoms with Gasteiger partial charge in [-0.1, -0.05) is 42.1 Å². The topological polar surface area (TPSA) is 66.4 Å². The van der Waals surface area contributed by atoms with Gasteiger partial charge in [-0.2, -0.15) is 13.2 Å². The number of benzene rings is 1. The summed E-state index contributed by atoms with van der Waals surface area (Å²) in [7, 11) is 0. The Labute approximate surface area is 135 Å². The van der Waals surface area contributed by atoms with Gasteiger partial charge in [0.2, 0.25) is 5.12 Å². The van der Waals surface area contributed by atoms with Gasteiger partial charge in [-0.3, -0.25) is 9.59 Å². The number of amides is 1. The summed E-state index contributed by atoms with van der Waals surface area (Å²) in [5.74, 6) is -2.00. The van der Waals surface area contributed by atoms with E-state index in [0.29, 0.717) is 18.4 Å². The van der Waals surface area contributed by atoms with Crippen LogP contribution in [0, 0.1) is 0 Å². The van der Waals surface area contributed by atoms with Gasteiger partial charge in [0.05, 0.1) is 6.10 Å². The molecule has 0 aromatic heterocycles. The van der Waals surface area contributed by atoms with Crippen LogP contribution >= 0.6 is 11.8 Å². The van der Waals surface area contributed by atoms with Crippen molar-refractivity contribution in [3.8, 4) is 0 Å². The van der Waals surface area contributed by atoms with Gasteiger partial charge in [0, 0.05) is 16.9 Å². The number of aliphatic hydroxyl groups is 1. The zero-order chi connectivity index (χ0) is 17.0. The lowest BCUT2D eigenvalue weighted by molar-refractivity contribution is -0.174. The highest BCUT2D eigenvalue weighted by Crippen LogP contribution is 2.31. The third kappa shape index (κ3) is 4.97. The summed E-state index contributed by atoms with van der Waals surface area (Å²) in [4.78, 5) is 23.0. The lowest BCUT2D eigenvalue weighted by Crippen LogP contribution is -2.48. The van der Waals surface area contributed by atoms with Crippen molar-refractivity contribution in [1.29, 1.82) is 0 Å². The second-order valence-corrected chi connectivity index (χ2v) is 6.57. The monoisotopic (exact) mass is 347 g/mol. The highest BCUT2D eigenvalue weighted by Gasteiger charge is 2.41. The van der Waals surface area contributed by atoms with E-state index in [-0.39, 0.29) is 16.8 Å². The number of carbonyl (C=O) groups excluding carboxylic acids is 2. The fourth-order valence-electron chi connectivity index (χ4n) is 2.43. The highest BCUT2D eigenvalue weighted by molar-refractivity contribution is 8.14. The molecule has 4 nitrogen and oxygen atoms in total. The van der Waals surface area contributed by atoms with Crippen LogP contribution in [-0.4, -0.2) is 39.7 Å². The first-order chi connectivity index (χ1) is 10.8. The number of nitrogens with one attached hydrogen (secondary N) is 1. The van der Waals surface area contributed by atoms with E-state index >= 15 is 0 Å². The van der Waals surface area contributed by atoms with Crippen molar-refractivity contribution in [1.82, 2.24) is 5.32 Å². The molecule has 0 aliphatic heterocycles. The molecule has 1 unspecified atom stereocenters. The van der Waals surface area contributed by atoms with Crippen LogP contribution in [0.15, 0.2) is 30.3 Å². The van der Waals surface area contributed by atoms with Crippen LogP contribution in [0.5, 0.6) is 0 Å². The Morgan fingerprint density at radius 1 is 1.17 bits per heavy atom. The number of alkyl halides is 3. The van der Waals surface area contributed by atoms with Gasteiger partial charge in [-0.25, -0.2) is 0 Å². The van der Waals surface area contributed by atoms with E-state index in [1.165, 1.54) is 0 Å². The maximum Gasteiger partial charge on any atom is 0.471 e. The minimum atomic E-state index is -4.93. The van der Waals surface area contributed by atoms with E-state index < -0.39 is 24.2 Å². The Balaban J connectivity index is 1.87. The molecule has 0 bridgehead atoms. The molecule has 0 radical (unpaired) electrons. The van der Waals surface area contributed by atoms with Gasteiger partial charge in [-0.15, -0.1) is 0 Å². The number of carbonyl (C=O) groups is 2. The van der Waals surface area contributed by atoms with E-state index in [4.69, 9.17) is 0 Å². The summed E-state index contributed by atoms with van der Waals surface area (Å²) < 4.78 is 36.6. The Kier molecular flexibility index (Phi) is 5.69. The van der Waals surface area contributed by atoms with Crippen molar-refractivity contribution in [3.63, 3.8) is 0 Å². The van der Waals surface area contributed by atoms with Crippen LogP contribution in [0.1, 0.15) is 29.6 Å². The SMILES string of the molecule is O=C(SC1CC[C@@H](NC(=O)C(F)(F)F)C[C@H]1O)c1ccccc1. The normalized spacial score (nSPS) is 25.0. The molecule has 3 atom stereocenters. The van der Waals surface area contributed by atoms with Crippen LogP contribution in [0.4, 0.5) is 13.2 Å². The molecule has 0 spiro atoms. The molecule has 1 aromatic rings. The number of thioether (sulfide) groups is 1. The van der Waals surface area contributed by atoms with Crippen LogP contribution in [0.25, 0.3) is 0 Å². The predicted molar refractivity (Wildman–Crippen MR) is 80.0 cm³/mol. The first kappa shape index (κ1) is 17.8. The molecule has 1 amide bonds. The maximum atomic E-state index is 12.2. The lowest BCUT2D eigenvalue weighted by Gasteiger charge is -2.32. The van der Waals surface area contributed by atoms with Gasteiger partial charge >= 0.3 is 12.1 Å². The van der Waals surface area contributed by atoms with Crippen molar-refractivity contribution in [2.75, 3.05) is 0 Å². The van der Waals surface area contributed by atoms with Crippen LogP contribution in [0.3, 0.4) is 0 Å². The third-order valence-corrected chi connectivity index (χ3v) is 4.92. The molecule has 0 saturated heterocycles. The highest BCUT2D eigenvalue weighted by atomic mass is 32.2. The van der Waals surface area contributed by atoms with Crippen molar-refractivity contribution in [2.24, 2.45) is 0 Å². The van der Waals surface area contributed by atoms with Crippen molar-refractivity contribution >= 4 is 22.8 Å². The van der Waals surface area contributed by atoms with E-state index in [1.54, 1.807) is 30.3 Å². The van der Waals surface area contributed by atoms with E-state index in [0.717, 1.165) is 11.8 Å². The zero-order valence-electron chi connectivity index (χ0n) is 12.0. The molecule has 8 heteroatoms. The van der Waals surface area contributed by atoms with Gasteiger partial charge in [-0.05, 0) is 19.3 Å². The van der Waals surface area contributed by atoms with Crippen molar-refractivity contribution in [2.45, 2.75) is 42.8 Å². The molecule has 0 heterocycles. The van der Waals surface area contributed by atoms with Crippen LogP contribution in [0.2, 0.25) is 0 Å². The Bertz CT molecular complexity index is 565. The first-order valence-corrected chi connectivity index (χ1v) is 7.97. The maximum absolute atomic E-state index is 12.2. The summed E-state index contributed by atoms with van der Waals surface area (Å²) in [6.07, 6.45) is -5.23. The Morgan fingerprint density at radius 2 is 1.83 bits per heavy atom. The second-order valence-electron chi connectivity index (χ2n) is 5.36. The molecule has 1 aliphatic carbocycles. The summed E-state index contributed by atoms with van der Waals surface area (Å²) >= 11 is 0.984. The van der Waals surface area contributed by atoms with E-state index in [9.17, 15) is 27.9 Å². The molecular weight excluding hydrogens is 331 g/mol. The quantitative estimate of drug-likeness (QED) is 0.882. The molecule has 2 N–H and O–H groups in total. The molecule has 23 heavy (non-hydrogen) atoms. The summed E-state index contributed by atoms with van der Waals surface area (Å²) in [6, 6.07) is 7.84. The van der Waals surface area contributed by atoms with Gasteiger partial charge < -0.3 is 10.4 Å². The lowest BCUT2D eigenvalue weighted by atomic mass is 9.92. The predicted octanol–water partition coefficient (Wildman–Crippen LogP) is 2.52. The summed E-state index contributed by atoms with van der Waals surface area (Å²) in [6.45, 7) is 0. The van der Waals surface area contributed by atoms with Crippen LogP contribution < -0.4 is 5.32 Å². The third-order valence-electron chi connectivity index (χ3n) is 3.62. The molecular formula is C15H16F3NO3S. The molecule has 1 saturated carbocycles. The first-order valence-electron chi connectivity index (χ1n) is 7.09. The zero-order valence-corrected chi connectivity index (χ0v) is 12.9. The Morgan fingerprint density at radius 3 is 2.39 bits per heavy atom. The number of aliphatic hydroxyl groups excluding tert-OH is 1. The van der Waals surface area contributed by atoms with Gasteiger partial charge in [0.1, 0.15) is 0 Å². The smallest absolute Gasteiger partial charge is 0.392 e. The number of hydrogen-bond acceptors (Lipinski definition) is 4. The fraction of sp³-hybridized carbons (Fsp3) is 0.467. The van der Waals surface area contributed by atoms with Crippen LogP contribution in [-0.2, 0) is 4.79 Å². The van der Waals surface area contributed by atoms with Crippen molar-refractivity contribution < 1.29 is 27.9 Å². The minimum Gasteiger partial charge on any atom is -0.392 e. The molecule has 1 aromatic carbocycles. The number of rotatable bonds is 3. The largest absolute Gasteiger partial charge is 0.471 e. The van der Waals surface area contributed by atoms with E-state index in [1.807, 2.05) is 5.32 Å². The molecule has 1 fully saturated rings. The average Bonchev–Trinajstić information content (AvgIpc) is 2.50. The standard InChI is InChI=1S/C15H16F3NO3S/c16-15(17,18)14(22)19-10-6-7-12(11(20)8-10)23-13(21)9-4-2-1-3-5-9/h1-5,10-12,20H,6-8H2,(H,19,22)/t10-,11-,12?/m1/s1. The molecule has 2 rings (SSSR count). The second kappa shape index (κ2) is 7.35. The fourth-order valence-corrected chi connectivity index (χ4v) is 3.50. The number of halogens is 3. The Hall–Kier alpha value is -1.54. The molecule has 1 aliphatic rings. The van der Waals surface area contributed by atoms with E-state index in [2.05, 4.69) is 0 Å². The number of hydrogen-bond donors (Lipinski definition) is 2. The average molecular weight is 347 g/mol. The minimum absolute atomic E-state index is 0.00154. The van der Waals surface area contributed by atoms with Gasteiger partial charge in [0.15, 0.2) is 0 Å². The summed E-state index contributed by atoms with van der Waals surface area (Å²) in [5.41, 5.74) is 0.511. The van der Waals surface area contributed by atoms with Gasteiger partial charge in [0.25, 0.3) is 0 Å². The summed E-state index contributed by atoms with van der Waals surface area (Å²) in [5, 5.41) is 11.3. The van der Waals surface area contributed by atoms with Crippen molar-refractivity contribution in [3.05, 3.63) is 35.9 Å².